The van der Waals surface area contributed by atoms with E-state index in [4.69, 9.17) is 0 Å². The van der Waals surface area contributed by atoms with Gasteiger partial charge in [0.2, 0.25) is 11.8 Å². The molecule has 7 nitrogen and oxygen atoms in total. The van der Waals surface area contributed by atoms with Crippen LogP contribution in [0.25, 0.3) is 0 Å². The van der Waals surface area contributed by atoms with Crippen molar-refractivity contribution in [1.82, 2.24) is 4.90 Å². The molecule has 0 saturated carbocycles. The summed E-state index contributed by atoms with van der Waals surface area (Å²) in [5.41, 5.74) is 1.47. The Morgan fingerprint density at radius 3 is 2.69 bits per heavy atom. The average Bonchev–Trinajstić information content (AvgIpc) is 3.13. The number of carbonyl (C=O) groups is 2. The van der Waals surface area contributed by atoms with E-state index in [0.717, 1.165) is 10.6 Å². The highest BCUT2D eigenvalue weighted by atomic mass is 32.2. The molecule has 3 rings (SSSR count). The number of nitro benzene ring substituents is 1. The van der Waals surface area contributed by atoms with Crippen LogP contribution in [0.5, 0.6) is 0 Å². The van der Waals surface area contributed by atoms with E-state index in [0.29, 0.717) is 12.1 Å². The van der Waals surface area contributed by atoms with Crippen LogP contribution in [0.15, 0.2) is 53.4 Å². The Balaban J connectivity index is 1.73. The topological polar surface area (TPSA) is 83.8 Å². The van der Waals surface area contributed by atoms with Gasteiger partial charge in [-0.1, -0.05) is 18.2 Å². The van der Waals surface area contributed by atoms with Crippen molar-refractivity contribution in [2.45, 2.75) is 24.3 Å². The lowest BCUT2D eigenvalue weighted by Gasteiger charge is -2.27. The van der Waals surface area contributed by atoms with Crippen molar-refractivity contribution >= 4 is 35.0 Å². The van der Waals surface area contributed by atoms with Crippen LogP contribution in [-0.2, 0) is 9.59 Å². The number of rotatable bonds is 6. The highest BCUT2D eigenvalue weighted by Crippen LogP contribution is 2.31. The molecule has 0 aliphatic carbocycles. The van der Waals surface area contributed by atoms with Gasteiger partial charge in [-0.15, -0.1) is 11.8 Å². The number of thioether (sulfide) groups is 1. The lowest BCUT2D eigenvalue weighted by molar-refractivity contribution is -0.384. The minimum atomic E-state index is -0.450. The normalized spacial score (nSPS) is 17.3. The first kappa shape index (κ1) is 20.9. The van der Waals surface area contributed by atoms with Gasteiger partial charge in [0.05, 0.1) is 16.9 Å². The number of hydrogen-bond donors (Lipinski definition) is 0. The first-order valence-corrected chi connectivity index (χ1v) is 10.5. The molecule has 1 aliphatic rings. The summed E-state index contributed by atoms with van der Waals surface area (Å²) in [5, 5.41) is 11.0. The van der Waals surface area contributed by atoms with Crippen molar-refractivity contribution in [2.24, 2.45) is 5.92 Å². The summed E-state index contributed by atoms with van der Waals surface area (Å²) >= 11 is 1.60. The van der Waals surface area contributed by atoms with E-state index in [1.807, 2.05) is 37.4 Å². The van der Waals surface area contributed by atoms with Gasteiger partial charge in [-0.25, -0.2) is 0 Å². The molecule has 2 aromatic carbocycles. The van der Waals surface area contributed by atoms with Crippen molar-refractivity contribution in [3.05, 3.63) is 64.2 Å². The summed E-state index contributed by atoms with van der Waals surface area (Å²) < 4.78 is 0. The predicted molar refractivity (Wildman–Crippen MR) is 113 cm³/mol. The fourth-order valence-corrected chi connectivity index (χ4v) is 3.95. The van der Waals surface area contributed by atoms with Crippen LogP contribution in [0.4, 0.5) is 11.4 Å². The molecular formula is C21H23N3O4S. The Morgan fingerprint density at radius 2 is 2.00 bits per heavy atom. The zero-order valence-electron chi connectivity index (χ0n) is 16.6. The zero-order chi connectivity index (χ0) is 21.1. The molecule has 2 aromatic rings. The number of carbonyl (C=O) groups excluding carboxylic acids is 2. The van der Waals surface area contributed by atoms with Crippen LogP contribution in [0, 0.1) is 16.0 Å². The highest BCUT2D eigenvalue weighted by molar-refractivity contribution is 7.98. The molecule has 29 heavy (non-hydrogen) atoms. The largest absolute Gasteiger partial charge is 0.339 e. The fourth-order valence-electron chi connectivity index (χ4n) is 3.50. The fraction of sp³-hybridized carbons (Fsp3) is 0.333. The molecule has 1 heterocycles. The van der Waals surface area contributed by atoms with E-state index >= 15 is 0 Å². The maximum atomic E-state index is 13.0. The maximum absolute atomic E-state index is 13.0. The SMILES string of the molecule is CSc1cccc(N2C[C@@H](C(=O)N(C)[C@H](C)c3cccc([N+](=O)[O-])c3)CC2=O)c1. The molecule has 0 bridgehead atoms. The van der Waals surface area contributed by atoms with Crippen molar-refractivity contribution in [1.29, 1.82) is 0 Å². The Kier molecular flexibility index (Phi) is 6.22. The lowest BCUT2D eigenvalue weighted by atomic mass is 10.0. The third-order valence-electron chi connectivity index (χ3n) is 5.33. The average molecular weight is 413 g/mol. The molecule has 0 N–H and O–H groups in total. The molecule has 2 amide bonds. The molecule has 0 spiro atoms. The van der Waals surface area contributed by atoms with Gasteiger partial charge in [0.25, 0.3) is 5.69 Å². The number of anilines is 1. The van der Waals surface area contributed by atoms with Gasteiger partial charge < -0.3 is 9.80 Å². The van der Waals surface area contributed by atoms with Crippen molar-refractivity contribution < 1.29 is 14.5 Å². The first-order valence-electron chi connectivity index (χ1n) is 9.27. The number of nitrogens with zero attached hydrogens (tertiary/aromatic N) is 3. The summed E-state index contributed by atoms with van der Waals surface area (Å²) in [4.78, 5) is 40.4. The second-order valence-corrected chi connectivity index (χ2v) is 7.96. The first-order chi connectivity index (χ1) is 13.8. The van der Waals surface area contributed by atoms with Gasteiger partial charge in [0.1, 0.15) is 0 Å². The van der Waals surface area contributed by atoms with Gasteiger partial charge in [0, 0.05) is 42.7 Å². The number of non-ortho nitro benzene ring substituents is 1. The number of amides is 2. The molecule has 1 aliphatic heterocycles. The molecule has 8 heteroatoms. The van der Waals surface area contributed by atoms with Gasteiger partial charge >= 0.3 is 0 Å². The van der Waals surface area contributed by atoms with Gasteiger partial charge in [-0.05, 0) is 36.9 Å². The Labute approximate surface area is 173 Å². The van der Waals surface area contributed by atoms with Crippen LogP contribution in [0.3, 0.4) is 0 Å². The highest BCUT2D eigenvalue weighted by Gasteiger charge is 2.37. The van der Waals surface area contributed by atoms with Crippen LogP contribution >= 0.6 is 11.8 Å². The Morgan fingerprint density at radius 1 is 1.28 bits per heavy atom. The second kappa shape index (κ2) is 8.65. The summed E-state index contributed by atoms with van der Waals surface area (Å²) in [6, 6.07) is 13.6. The molecule has 1 fully saturated rings. The Hall–Kier alpha value is -2.87. The quantitative estimate of drug-likeness (QED) is 0.408. The van der Waals surface area contributed by atoms with E-state index < -0.39 is 10.8 Å². The molecule has 0 aromatic heterocycles. The van der Waals surface area contributed by atoms with E-state index in [-0.39, 0.29) is 30.0 Å². The van der Waals surface area contributed by atoms with Crippen molar-refractivity contribution in [3.63, 3.8) is 0 Å². The summed E-state index contributed by atoms with van der Waals surface area (Å²) in [6.45, 7) is 2.16. The molecule has 0 radical (unpaired) electrons. The van der Waals surface area contributed by atoms with Crippen molar-refractivity contribution in [2.75, 3.05) is 24.7 Å². The molecule has 0 unspecified atom stereocenters. The number of nitro groups is 1. The zero-order valence-corrected chi connectivity index (χ0v) is 17.4. The molecule has 2 atom stereocenters. The monoisotopic (exact) mass is 413 g/mol. The minimum Gasteiger partial charge on any atom is -0.339 e. The molecule has 1 saturated heterocycles. The van der Waals surface area contributed by atoms with Gasteiger partial charge in [-0.3, -0.25) is 19.7 Å². The number of benzene rings is 2. The summed E-state index contributed by atoms with van der Waals surface area (Å²) in [7, 11) is 1.67. The summed E-state index contributed by atoms with van der Waals surface area (Å²) in [6.07, 6.45) is 2.13. The van der Waals surface area contributed by atoms with Crippen LogP contribution in [-0.4, -0.2) is 41.5 Å². The summed E-state index contributed by atoms with van der Waals surface area (Å²) in [5.74, 6) is -0.648. The smallest absolute Gasteiger partial charge is 0.269 e. The van der Waals surface area contributed by atoms with E-state index in [1.165, 1.54) is 12.1 Å². The predicted octanol–water partition coefficient (Wildman–Crippen LogP) is 3.89. The minimum absolute atomic E-state index is 0.00825. The van der Waals surface area contributed by atoms with E-state index in [9.17, 15) is 19.7 Å². The van der Waals surface area contributed by atoms with Gasteiger partial charge in [0.15, 0.2) is 0 Å². The molecule has 152 valence electrons. The van der Waals surface area contributed by atoms with E-state index in [2.05, 4.69) is 0 Å². The lowest BCUT2D eigenvalue weighted by Crippen LogP contribution is -2.36. The van der Waals surface area contributed by atoms with Crippen LogP contribution in [0.2, 0.25) is 0 Å². The Bertz CT molecular complexity index is 949. The number of hydrogen-bond acceptors (Lipinski definition) is 5. The van der Waals surface area contributed by atoms with Gasteiger partial charge in [-0.2, -0.15) is 0 Å². The van der Waals surface area contributed by atoms with Crippen LogP contribution in [0.1, 0.15) is 24.9 Å². The molecular weight excluding hydrogens is 390 g/mol. The second-order valence-electron chi connectivity index (χ2n) is 7.08. The van der Waals surface area contributed by atoms with Crippen LogP contribution < -0.4 is 4.90 Å². The van der Waals surface area contributed by atoms with E-state index in [1.54, 1.807) is 40.7 Å². The maximum Gasteiger partial charge on any atom is 0.269 e. The third-order valence-corrected chi connectivity index (χ3v) is 6.06. The van der Waals surface area contributed by atoms with Crippen molar-refractivity contribution in [3.8, 4) is 0 Å². The third kappa shape index (κ3) is 4.42. The standard InChI is InChI=1S/C21H23N3O4S/c1-14(15-6-4-8-18(10-15)24(27)28)22(2)21(26)16-11-20(25)23(13-16)17-7-5-9-19(12-17)29-3/h4-10,12,14,16H,11,13H2,1-3H3/t14-,16+/m1/s1.